The Hall–Kier alpha value is -0.610. The topological polar surface area (TPSA) is 58.6 Å². The second-order valence-electron chi connectivity index (χ2n) is 3.38. The molecule has 0 aromatic rings. The molecule has 0 aliphatic carbocycles. The number of aliphatic hydroxyl groups is 1. The lowest BCUT2D eigenvalue weighted by Gasteiger charge is -2.29. The summed E-state index contributed by atoms with van der Waals surface area (Å²) in [4.78, 5) is 11.0. The molecule has 72 valence electrons. The van der Waals surface area contributed by atoms with E-state index < -0.39 is 11.6 Å². The van der Waals surface area contributed by atoms with Crippen molar-refractivity contribution < 1.29 is 14.6 Å². The second-order valence-corrected chi connectivity index (χ2v) is 3.38. The Labute approximate surface area is 72.9 Å². The van der Waals surface area contributed by atoms with Crippen LogP contribution in [0, 0.1) is 0 Å². The first-order chi connectivity index (χ1) is 5.40. The summed E-state index contributed by atoms with van der Waals surface area (Å²) in [7, 11) is 1.45. The molecule has 0 aliphatic rings. The van der Waals surface area contributed by atoms with Gasteiger partial charge in [0.1, 0.15) is 6.61 Å². The monoisotopic (exact) mass is 175 g/mol. The van der Waals surface area contributed by atoms with Gasteiger partial charge in [0.2, 0.25) is 5.91 Å². The summed E-state index contributed by atoms with van der Waals surface area (Å²) in [6.07, 6.45) is -0.585. The van der Waals surface area contributed by atoms with Crippen molar-refractivity contribution in [2.24, 2.45) is 0 Å². The van der Waals surface area contributed by atoms with Crippen molar-refractivity contribution in [1.29, 1.82) is 0 Å². The lowest BCUT2D eigenvalue weighted by molar-refractivity contribution is -0.127. The Balaban J connectivity index is 3.97. The molecule has 0 radical (unpaired) electrons. The maximum Gasteiger partial charge on any atom is 0.246 e. The highest BCUT2D eigenvalue weighted by Crippen LogP contribution is 2.07. The molecule has 0 saturated carbocycles. The number of methoxy groups -OCH3 is 1. The molecular formula is C8H17NO3. The zero-order valence-corrected chi connectivity index (χ0v) is 8.05. The van der Waals surface area contributed by atoms with Gasteiger partial charge in [0.05, 0.1) is 11.6 Å². The predicted molar refractivity (Wildman–Crippen MR) is 45.8 cm³/mol. The number of hydrogen-bond donors (Lipinski definition) is 2. The Kier molecular flexibility index (Phi) is 4.20. The van der Waals surface area contributed by atoms with Gasteiger partial charge >= 0.3 is 0 Å². The molecule has 0 aromatic carbocycles. The molecule has 2 N–H and O–H groups in total. The first kappa shape index (κ1) is 11.4. The molecule has 1 unspecified atom stereocenters. The largest absolute Gasteiger partial charge is 0.391 e. The quantitative estimate of drug-likeness (QED) is 0.627. The van der Waals surface area contributed by atoms with Crippen molar-refractivity contribution in [3.8, 4) is 0 Å². The number of carbonyl (C=O) groups is 1. The summed E-state index contributed by atoms with van der Waals surface area (Å²) in [5.74, 6) is -0.219. The molecule has 0 bridgehead atoms. The molecule has 1 atom stereocenters. The molecule has 0 heterocycles. The van der Waals surface area contributed by atoms with E-state index in [-0.39, 0.29) is 12.5 Å². The first-order valence-corrected chi connectivity index (χ1v) is 3.88. The van der Waals surface area contributed by atoms with Crippen molar-refractivity contribution in [3.05, 3.63) is 0 Å². The minimum absolute atomic E-state index is 0.0240. The van der Waals surface area contributed by atoms with E-state index in [1.54, 1.807) is 20.8 Å². The third-order valence-electron chi connectivity index (χ3n) is 1.78. The minimum Gasteiger partial charge on any atom is -0.391 e. The first-order valence-electron chi connectivity index (χ1n) is 3.88. The van der Waals surface area contributed by atoms with Crippen molar-refractivity contribution >= 4 is 5.91 Å². The zero-order valence-electron chi connectivity index (χ0n) is 8.05. The summed E-state index contributed by atoms with van der Waals surface area (Å²) in [5.41, 5.74) is -0.602. The van der Waals surface area contributed by atoms with Crippen LogP contribution < -0.4 is 5.32 Å². The van der Waals surface area contributed by atoms with Gasteiger partial charge in [-0.25, -0.2) is 0 Å². The fourth-order valence-corrected chi connectivity index (χ4v) is 0.631. The number of aliphatic hydroxyl groups excluding tert-OH is 1. The minimum atomic E-state index is -0.602. The third-order valence-corrected chi connectivity index (χ3v) is 1.78. The average molecular weight is 175 g/mol. The summed E-state index contributed by atoms with van der Waals surface area (Å²) >= 11 is 0. The third kappa shape index (κ3) is 3.69. The van der Waals surface area contributed by atoms with Gasteiger partial charge in [-0.05, 0) is 20.8 Å². The van der Waals surface area contributed by atoms with Crippen LogP contribution in [-0.4, -0.2) is 36.4 Å². The van der Waals surface area contributed by atoms with E-state index in [9.17, 15) is 9.90 Å². The summed E-state index contributed by atoms with van der Waals surface area (Å²) in [6.45, 7) is 5.17. The highest BCUT2D eigenvalue weighted by Gasteiger charge is 2.25. The van der Waals surface area contributed by atoms with Crippen LogP contribution in [0.15, 0.2) is 0 Å². The van der Waals surface area contributed by atoms with E-state index in [2.05, 4.69) is 10.1 Å². The maximum atomic E-state index is 11.0. The smallest absolute Gasteiger partial charge is 0.246 e. The Bertz CT molecular complexity index is 154. The highest BCUT2D eigenvalue weighted by atomic mass is 16.5. The Morgan fingerprint density at radius 2 is 2.17 bits per heavy atom. The fourth-order valence-electron chi connectivity index (χ4n) is 0.631. The van der Waals surface area contributed by atoms with Crippen molar-refractivity contribution in [2.45, 2.75) is 32.4 Å². The van der Waals surface area contributed by atoms with Crippen molar-refractivity contribution in [2.75, 3.05) is 13.7 Å². The lowest BCUT2D eigenvalue weighted by atomic mass is 9.99. The normalized spacial score (nSPS) is 14.1. The SMILES string of the molecule is COCC(=O)NC(C)(C)C(C)O. The van der Waals surface area contributed by atoms with Crippen LogP contribution in [0.2, 0.25) is 0 Å². The zero-order chi connectivity index (χ0) is 9.78. The number of carbonyl (C=O) groups excluding carboxylic acids is 1. The van der Waals surface area contributed by atoms with E-state index >= 15 is 0 Å². The molecule has 0 aliphatic heterocycles. The molecular weight excluding hydrogens is 158 g/mol. The molecule has 0 fully saturated rings. The van der Waals surface area contributed by atoms with E-state index in [0.29, 0.717) is 0 Å². The van der Waals surface area contributed by atoms with Gasteiger partial charge in [0, 0.05) is 7.11 Å². The maximum absolute atomic E-state index is 11.0. The van der Waals surface area contributed by atoms with Gasteiger partial charge in [-0.1, -0.05) is 0 Å². The molecule has 1 amide bonds. The molecule has 0 spiro atoms. The molecule has 12 heavy (non-hydrogen) atoms. The van der Waals surface area contributed by atoms with Gasteiger partial charge in [-0.2, -0.15) is 0 Å². The number of hydrogen-bond acceptors (Lipinski definition) is 3. The number of ether oxygens (including phenoxy) is 1. The standard InChI is InChI=1S/C8H17NO3/c1-6(10)8(2,3)9-7(11)5-12-4/h6,10H,5H2,1-4H3,(H,9,11). The van der Waals surface area contributed by atoms with E-state index in [0.717, 1.165) is 0 Å². The summed E-state index contributed by atoms with van der Waals surface area (Å²) in [5, 5.41) is 11.9. The van der Waals surface area contributed by atoms with Crippen LogP contribution >= 0.6 is 0 Å². The van der Waals surface area contributed by atoms with Crippen LogP contribution in [-0.2, 0) is 9.53 Å². The Morgan fingerprint density at radius 3 is 2.50 bits per heavy atom. The number of rotatable bonds is 4. The number of nitrogens with one attached hydrogen (secondary N) is 1. The van der Waals surface area contributed by atoms with Crippen LogP contribution in [0.5, 0.6) is 0 Å². The lowest BCUT2D eigenvalue weighted by Crippen LogP contribution is -2.51. The van der Waals surface area contributed by atoms with Gasteiger partial charge in [0.25, 0.3) is 0 Å². The van der Waals surface area contributed by atoms with Gasteiger partial charge in [-0.3, -0.25) is 4.79 Å². The predicted octanol–water partition coefficient (Wildman–Crippen LogP) is -0.0916. The molecule has 0 rings (SSSR count). The van der Waals surface area contributed by atoms with Crippen LogP contribution in [0.25, 0.3) is 0 Å². The van der Waals surface area contributed by atoms with Crippen LogP contribution in [0.4, 0.5) is 0 Å². The molecule has 4 heteroatoms. The summed E-state index contributed by atoms with van der Waals surface area (Å²) in [6, 6.07) is 0. The average Bonchev–Trinajstić information content (AvgIpc) is 1.85. The number of amides is 1. The Morgan fingerprint density at radius 1 is 1.67 bits per heavy atom. The van der Waals surface area contributed by atoms with Crippen LogP contribution in [0.1, 0.15) is 20.8 Å². The van der Waals surface area contributed by atoms with Gasteiger partial charge in [0.15, 0.2) is 0 Å². The van der Waals surface area contributed by atoms with Crippen molar-refractivity contribution in [3.63, 3.8) is 0 Å². The van der Waals surface area contributed by atoms with Gasteiger partial charge < -0.3 is 15.2 Å². The molecule has 4 nitrogen and oxygen atoms in total. The summed E-state index contributed by atoms with van der Waals surface area (Å²) < 4.78 is 4.64. The fraction of sp³-hybridized carbons (Fsp3) is 0.875. The molecule has 0 aromatic heterocycles. The van der Waals surface area contributed by atoms with Gasteiger partial charge in [-0.15, -0.1) is 0 Å². The van der Waals surface area contributed by atoms with E-state index in [4.69, 9.17) is 0 Å². The van der Waals surface area contributed by atoms with E-state index in [1.165, 1.54) is 7.11 Å². The van der Waals surface area contributed by atoms with Crippen molar-refractivity contribution in [1.82, 2.24) is 5.32 Å². The highest BCUT2D eigenvalue weighted by molar-refractivity contribution is 5.78. The molecule has 0 saturated heterocycles. The van der Waals surface area contributed by atoms with E-state index in [1.807, 2.05) is 0 Å². The second kappa shape index (κ2) is 4.42. The van der Waals surface area contributed by atoms with Crippen LogP contribution in [0.3, 0.4) is 0 Å².